The molecule has 0 fully saturated rings. The highest BCUT2D eigenvalue weighted by Crippen LogP contribution is 2.61. The van der Waals surface area contributed by atoms with Crippen molar-refractivity contribution in [2.24, 2.45) is 4.91 Å². The summed E-state index contributed by atoms with van der Waals surface area (Å²) >= 11 is 0. The maximum Gasteiger partial charge on any atom is 0.411 e. The molecule has 0 aliphatic rings. The van der Waals surface area contributed by atoms with Crippen LogP contribution in [0.5, 0.6) is 0 Å². The van der Waals surface area contributed by atoms with E-state index in [4.69, 9.17) is 28.5 Å². The zero-order chi connectivity index (χ0) is 50.2. The smallest absolute Gasteiger partial charge is 0.370 e. The van der Waals surface area contributed by atoms with E-state index < -0.39 is 176 Å². The summed E-state index contributed by atoms with van der Waals surface area (Å²) < 4.78 is 291. The lowest BCUT2D eigenvalue weighted by molar-refractivity contribution is -0.463. The topological polar surface area (TPSA) is 133 Å². The number of hydrogen-bond acceptors (Lipinski definition) is 13. The number of rotatable bonds is 35. The van der Waals surface area contributed by atoms with Crippen molar-refractivity contribution in [3.8, 4) is 0 Å². The third-order valence-electron chi connectivity index (χ3n) is 6.44. The van der Waals surface area contributed by atoms with Gasteiger partial charge in [0.15, 0.2) is 0 Å². The fourth-order valence-corrected chi connectivity index (χ4v) is 7.29. The molecule has 0 radical (unpaired) electrons. The zero-order valence-electron chi connectivity index (χ0n) is 34.7. The molecule has 0 spiro atoms. The second kappa shape index (κ2) is 29.4. The standard InChI is InChI=1S/C30H49F18N4O12P/c1-50(2)65(51(3)4,49-64-16-10-58-22-29(46,47)48)52(23(59-11-5-53-17-24(31,32)33)60-12-6-54-18-25(34,35)36)30(61-13-7-55-19-26(37,38)39,62-14-8-56-20-27(40,41)42)63-15-9-57-21-28(43,44)45/h23H,5-22H2,1-4H3. The number of halogens is 18. The van der Waals surface area contributed by atoms with Crippen molar-refractivity contribution < 1.29 is 136 Å². The molecular formula is C30H49F18N4O12P. The molecule has 392 valence electrons. The van der Waals surface area contributed by atoms with Crippen LogP contribution in [0.3, 0.4) is 0 Å². The Morgan fingerprint density at radius 2 is 0.615 bits per heavy atom. The van der Waals surface area contributed by atoms with E-state index in [2.05, 4.69) is 33.3 Å². The molecule has 0 atom stereocenters. The van der Waals surface area contributed by atoms with Crippen molar-refractivity contribution in [1.29, 1.82) is 0 Å². The third-order valence-corrected chi connectivity index (χ3v) is 9.93. The second-order valence-electron chi connectivity index (χ2n) is 12.6. The number of ether oxygens (including phenoxy) is 11. The first-order valence-electron chi connectivity index (χ1n) is 18.1. The molecule has 0 amide bonds. The minimum atomic E-state index is -4.95. The minimum absolute atomic E-state index is 0.501. The van der Waals surface area contributed by atoms with Gasteiger partial charge in [-0.25, -0.2) is 14.2 Å². The Kier molecular flexibility index (Phi) is 28.7. The van der Waals surface area contributed by atoms with Gasteiger partial charge in [-0.1, -0.05) is 0 Å². The lowest BCUT2D eigenvalue weighted by Gasteiger charge is -2.52. The van der Waals surface area contributed by atoms with Crippen LogP contribution in [0.4, 0.5) is 79.0 Å². The van der Waals surface area contributed by atoms with Crippen molar-refractivity contribution in [3.05, 3.63) is 0 Å². The fourth-order valence-electron chi connectivity index (χ4n) is 4.31. The van der Waals surface area contributed by atoms with Gasteiger partial charge in [-0.05, 0) is 28.2 Å². The van der Waals surface area contributed by atoms with E-state index in [1.165, 1.54) is 0 Å². The molecule has 0 unspecified atom stereocenters. The monoisotopic (exact) mass is 1030 g/mol. The molecule has 0 heterocycles. The first-order chi connectivity index (χ1) is 29.6. The second-order valence-corrected chi connectivity index (χ2v) is 15.9. The molecular weight excluding hydrogens is 981 g/mol. The molecule has 0 bridgehead atoms. The summed E-state index contributed by atoms with van der Waals surface area (Å²) in [6.45, 7) is -23.8. The molecule has 0 rings (SSSR count). The van der Waals surface area contributed by atoms with Crippen LogP contribution < -0.4 is 0 Å². The fraction of sp³-hybridized carbons (Fsp3) is 1.00. The summed E-state index contributed by atoms with van der Waals surface area (Å²) in [7, 11) is 0.0865. The van der Waals surface area contributed by atoms with Gasteiger partial charge in [0.1, 0.15) is 46.2 Å². The molecule has 0 aliphatic heterocycles. The van der Waals surface area contributed by atoms with E-state index in [0.717, 1.165) is 37.5 Å². The highest BCUT2D eigenvalue weighted by molar-refractivity contribution is 7.59. The number of alkyl halides is 18. The number of hydrogen-bond donors (Lipinski definition) is 0. The van der Waals surface area contributed by atoms with E-state index in [0.29, 0.717) is 4.67 Å². The summed E-state index contributed by atoms with van der Waals surface area (Å²) in [4.78, 5) is 9.38. The van der Waals surface area contributed by atoms with Crippen LogP contribution in [0, 0.1) is 0 Å². The Hall–Kier alpha value is -1.63. The Bertz CT molecular complexity index is 1220. The van der Waals surface area contributed by atoms with Crippen molar-refractivity contribution >= 4 is 7.51 Å². The predicted molar refractivity (Wildman–Crippen MR) is 182 cm³/mol. The highest BCUT2D eigenvalue weighted by Gasteiger charge is 2.57. The van der Waals surface area contributed by atoms with Gasteiger partial charge in [0.05, 0.1) is 72.7 Å². The number of nitrogens with zero attached hydrogens (tertiary/aromatic N) is 4. The van der Waals surface area contributed by atoms with Crippen molar-refractivity contribution in [3.63, 3.8) is 0 Å². The highest BCUT2D eigenvalue weighted by atomic mass is 31.2. The average Bonchev–Trinajstić information content (AvgIpc) is 3.11. The molecule has 0 saturated heterocycles. The van der Waals surface area contributed by atoms with Crippen molar-refractivity contribution in [2.45, 2.75) is 49.6 Å². The van der Waals surface area contributed by atoms with Crippen LogP contribution in [0.1, 0.15) is 0 Å². The molecule has 0 aromatic rings. The largest absolute Gasteiger partial charge is 0.411 e. The van der Waals surface area contributed by atoms with E-state index in [1.807, 2.05) is 0 Å². The summed E-state index contributed by atoms with van der Waals surface area (Å²) in [5, 5.41) is 0. The van der Waals surface area contributed by atoms with Gasteiger partial charge in [0.2, 0.25) is 13.9 Å². The van der Waals surface area contributed by atoms with Gasteiger partial charge >= 0.3 is 43.2 Å². The van der Waals surface area contributed by atoms with Crippen molar-refractivity contribution in [2.75, 3.05) is 147 Å². The van der Waals surface area contributed by atoms with Crippen LogP contribution in [0.25, 0.3) is 0 Å². The molecule has 65 heavy (non-hydrogen) atoms. The van der Waals surface area contributed by atoms with Crippen LogP contribution in [0.15, 0.2) is 4.91 Å². The lowest BCUT2D eigenvalue weighted by atomic mass is 10.6. The van der Waals surface area contributed by atoms with Crippen molar-refractivity contribution in [1.82, 2.24) is 14.0 Å². The molecule has 16 nitrogen and oxygen atoms in total. The summed E-state index contributed by atoms with van der Waals surface area (Å²) in [5.74, 6) is 0. The Balaban J connectivity index is 8.02. The van der Waals surface area contributed by atoms with E-state index in [9.17, 15) is 79.0 Å². The summed E-state index contributed by atoms with van der Waals surface area (Å²) in [5.41, 5.74) is 0. The van der Waals surface area contributed by atoms with Gasteiger partial charge < -0.3 is 52.1 Å². The molecule has 35 heteroatoms. The maximum absolute atomic E-state index is 13.0. The van der Waals surface area contributed by atoms with Crippen LogP contribution >= 0.6 is 7.51 Å². The average molecular weight is 1030 g/mol. The Morgan fingerprint density at radius 1 is 0.369 bits per heavy atom. The van der Waals surface area contributed by atoms with Crippen LogP contribution in [-0.2, 0) is 56.9 Å². The Morgan fingerprint density at radius 3 is 0.862 bits per heavy atom. The van der Waals surface area contributed by atoms with Gasteiger partial charge in [-0.15, -0.1) is 9.58 Å². The molecule has 0 saturated carbocycles. The minimum Gasteiger partial charge on any atom is -0.370 e. The van der Waals surface area contributed by atoms with Gasteiger partial charge in [0, 0.05) is 0 Å². The normalized spacial score (nSPS) is 14.2. The Labute approximate surface area is 359 Å². The quantitative estimate of drug-likeness (QED) is 0.0218. The lowest BCUT2D eigenvalue weighted by Crippen LogP contribution is -2.62. The SMILES string of the molecule is CN(C)P(=NOCCOCC(F)(F)F)(N(C)C)N(C(OCCOCC(F)(F)F)OCCOCC(F)(F)F)C(OCCOCC(F)(F)F)(OCCOCC(F)(F)F)OCCOCC(F)(F)F. The van der Waals surface area contributed by atoms with Gasteiger partial charge in [-0.3, -0.25) is 0 Å². The maximum atomic E-state index is 13.0. The molecule has 0 N–H and O–H groups in total. The zero-order valence-corrected chi connectivity index (χ0v) is 35.6. The molecule has 0 aromatic heterocycles. The van der Waals surface area contributed by atoms with E-state index in [-0.39, 0.29) is 0 Å². The molecule has 0 aliphatic carbocycles. The van der Waals surface area contributed by atoms with E-state index in [1.54, 1.807) is 0 Å². The van der Waals surface area contributed by atoms with Crippen LogP contribution in [0.2, 0.25) is 0 Å². The first kappa shape index (κ1) is 63.4. The third kappa shape index (κ3) is 31.2. The predicted octanol–water partition coefficient (Wildman–Crippen LogP) is 6.74. The molecule has 0 aromatic carbocycles. The van der Waals surface area contributed by atoms with Gasteiger partial charge in [-0.2, -0.15) is 79.0 Å². The van der Waals surface area contributed by atoms with E-state index >= 15 is 0 Å². The first-order valence-corrected chi connectivity index (χ1v) is 19.7. The summed E-state index contributed by atoms with van der Waals surface area (Å²) in [6, 6.07) is 0. The summed E-state index contributed by atoms with van der Waals surface area (Å²) in [6.07, 6.45) is -35.4. The van der Waals surface area contributed by atoms with Gasteiger partial charge in [0.25, 0.3) is 0 Å². The van der Waals surface area contributed by atoms with Crippen LogP contribution in [-0.4, -0.2) is 211 Å².